The number of carbonyl (C=O) groups excluding carboxylic acids is 1. The van der Waals surface area contributed by atoms with Crippen LogP contribution >= 0.6 is 0 Å². The van der Waals surface area contributed by atoms with E-state index in [1.165, 1.54) is 0 Å². The molecule has 1 aromatic rings. The van der Waals surface area contributed by atoms with E-state index in [1.54, 1.807) is 4.90 Å². The zero-order valence-electron chi connectivity index (χ0n) is 11.3. The Morgan fingerprint density at radius 2 is 1.89 bits per heavy atom. The van der Waals surface area contributed by atoms with Gasteiger partial charge in [0.05, 0.1) is 12.5 Å². The number of carbonyl (C=O) groups is 1. The number of anilines is 1. The Balaban J connectivity index is 2.92. The van der Waals surface area contributed by atoms with Crippen LogP contribution in [0, 0.1) is 23.2 Å². The fourth-order valence-electron chi connectivity index (χ4n) is 1.67. The van der Waals surface area contributed by atoms with E-state index in [0.717, 1.165) is 5.69 Å². The largest absolute Gasteiger partial charge is 0.311 e. The van der Waals surface area contributed by atoms with E-state index in [9.17, 15) is 4.79 Å². The van der Waals surface area contributed by atoms with Crippen molar-refractivity contribution in [3.05, 3.63) is 30.3 Å². The number of benzene rings is 1. The molecule has 0 aliphatic rings. The average molecular weight is 244 g/mol. The second-order valence-electron chi connectivity index (χ2n) is 4.77. The molecule has 1 unspecified atom stereocenters. The van der Waals surface area contributed by atoms with Gasteiger partial charge in [0, 0.05) is 18.2 Å². The zero-order valence-corrected chi connectivity index (χ0v) is 11.3. The van der Waals surface area contributed by atoms with Crippen molar-refractivity contribution in [2.45, 2.75) is 27.2 Å². The van der Waals surface area contributed by atoms with E-state index < -0.39 is 0 Å². The normalized spacial score (nSPS) is 11.9. The van der Waals surface area contributed by atoms with Crippen molar-refractivity contribution in [1.82, 2.24) is 0 Å². The van der Waals surface area contributed by atoms with Gasteiger partial charge in [0.1, 0.15) is 0 Å². The van der Waals surface area contributed by atoms with E-state index in [-0.39, 0.29) is 11.8 Å². The van der Waals surface area contributed by atoms with Crippen molar-refractivity contribution in [2.24, 2.45) is 11.8 Å². The molecule has 0 N–H and O–H groups in total. The molecular formula is C15H20N2O. The van der Waals surface area contributed by atoms with Gasteiger partial charge in [-0.2, -0.15) is 5.26 Å². The van der Waals surface area contributed by atoms with E-state index in [2.05, 4.69) is 6.07 Å². The minimum absolute atomic E-state index is 0.0381. The standard InChI is InChI=1S/C15H20N2O/c1-12(2)13(3)15(18)17(11-7-10-16)14-8-5-4-6-9-14/h4-6,8-9,12-13H,7,11H2,1-3H3. The smallest absolute Gasteiger partial charge is 0.230 e. The average Bonchev–Trinajstić information content (AvgIpc) is 2.39. The number of nitrogens with zero attached hydrogens (tertiary/aromatic N) is 2. The van der Waals surface area contributed by atoms with Gasteiger partial charge in [-0.1, -0.05) is 39.0 Å². The highest BCUT2D eigenvalue weighted by atomic mass is 16.2. The summed E-state index contributed by atoms with van der Waals surface area (Å²) in [6.45, 7) is 6.47. The minimum Gasteiger partial charge on any atom is -0.311 e. The SMILES string of the molecule is CC(C)C(C)C(=O)N(CCC#N)c1ccccc1. The highest BCUT2D eigenvalue weighted by molar-refractivity contribution is 5.94. The molecule has 1 aromatic carbocycles. The van der Waals surface area contributed by atoms with Crippen molar-refractivity contribution >= 4 is 11.6 Å². The maximum atomic E-state index is 12.4. The Kier molecular flexibility index (Phi) is 5.38. The first-order chi connectivity index (χ1) is 8.57. The number of hydrogen-bond donors (Lipinski definition) is 0. The fraction of sp³-hybridized carbons (Fsp3) is 0.467. The van der Waals surface area contributed by atoms with Gasteiger partial charge >= 0.3 is 0 Å². The van der Waals surface area contributed by atoms with E-state index in [4.69, 9.17) is 5.26 Å². The van der Waals surface area contributed by atoms with Crippen LogP contribution in [0.5, 0.6) is 0 Å². The Morgan fingerprint density at radius 1 is 1.28 bits per heavy atom. The molecular weight excluding hydrogens is 224 g/mol. The number of rotatable bonds is 5. The van der Waals surface area contributed by atoms with Gasteiger partial charge in [0.15, 0.2) is 0 Å². The van der Waals surface area contributed by atoms with Crippen molar-refractivity contribution in [3.63, 3.8) is 0 Å². The van der Waals surface area contributed by atoms with Gasteiger partial charge in [-0.05, 0) is 18.1 Å². The van der Waals surface area contributed by atoms with Gasteiger partial charge in [-0.3, -0.25) is 4.79 Å². The first-order valence-electron chi connectivity index (χ1n) is 6.31. The summed E-state index contributed by atoms with van der Waals surface area (Å²) in [5.74, 6) is 0.348. The van der Waals surface area contributed by atoms with E-state index >= 15 is 0 Å². The summed E-state index contributed by atoms with van der Waals surface area (Å²) in [6.07, 6.45) is 0.353. The lowest BCUT2D eigenvalue weighted by atomic mass is 9.96. The van der Waals surface area contributed by atoms with E-state index in [1.807, 2.05) is 51.1 Å². The monoisotopic (exact) mass is 244 g/mol. The summed E-state index contributed by atoms with van der Waals surface area (Å²) in [7, 11) is 0. The number of para-hydroxylation sites is 1. The predicted octanol–water partition coefficient (Wildman–Crippen LogP) is 3.23. The Morgan fingerprint density at radius 3 is 2.39 bits per heavy atom. The molecule has 0 aliphatic carbocycles. The predicted molar refractivity (Wildman–Crippen MR) is 73.0 cm³/mol. The van der Waals surface area contributed by atoms with Gasteiger partial charge in [0.2, 0.25) is 5.91 Å². The molecule has 0 spiro atoms. The van der Waals surface area contributed by atoms with Crippen LogP contribution in [0.4, 0.5) is 5.69 Å². The van der Waals surface area contributed by atoms with Crippen LogP contribution in [0.25, 0.3) is 0 Å². The summed E-state index contributed by atoms with van der Waals surface area (Å²) in [5, 5.41) is 8.70. The molecule has 0 saturated heterocycles. The third kappa shape index (κ3) is 3.59. The lowest BCUT2D eigenvalue weighted by Crippen LogP contribution is -2.37. The minimum atomic E-state index is -0.0381. The Hall–Kier alpha value is -1.82. The Bertz CT molecular complexity index is 420. The molecule has 0 fully saturated rings. The molecule has 3 heteroatoms. The van der Waals surface area contributed by atoms with Crippen molar-refractivity contribution in [2.75, 3.05) is 11.4 Å². The first-order valence-corrected chi connectivity index (χ1v) is 6.31. The summed E-state index contributed by atoms with van der Waals surface area (Å²) >= 11 is 0. The van der Waals surface area contributed by atoms with Gasteiger partial charge < -0.3 is 4.90 Å². The van der Waals surface area contributed by atoms with Crippen LogP contribution < -0.4 is 4.90 Å². The summed E-state index contributed by atoms with van der Waals surface area (Å²) in [5.41, 5.74) is 0.866. The molecule has 3 nitrogen and oxygen atoms in total. The van der Waals surface area contributed by atoms with Crippen LogP contribution in [0.2, 0.25) is 0 Å². The van der Waals surface area contributed by atoms with Crippen LogP contribution in [0.3, 0.4) is 0 Å². The molecule has 0 aromatic heterocycles. The molecule has 0 aliphatic heterocycles. The second-order valence-corrected chi connectivity index (χ2v) is 4.77. The van der Waals surface area contributed by atoms with Gasteiger partial charge in [-0.25, -0.2) is 0 Å². The topological polar surface area (TPSA) is 44.1 Å². The first kappa shape index (κ1) is 14.2. The summed E-state index contributed by atoms with van der Waals surface area (Å²) in [6, 6.07) is 11.6. The van der Waals surface area contributed by atoms with E-state index in [0.29, 0.717) is 18.9 Å². The molecule has 96 valence electrons. The van der Waals surface area contributed by atoms with Gasteiger partial charge in [0.25, 0.3) is 0 Å². The van der Waals surface area contributed by atoms with Gasteiger partial charge in [-0.15, -0.1) is 0 Å². The third-order valence-electron chi connectivity index (χ3n) is 3.17. The van der Waals surface area contributed by atoms with Crippen molar-refractivity contribution in [3.8, 4) is 6.07 Å². The third-order valence-corrected chi connectivity index (χ3v) is 3.17. The maximum absolute atomic E-state index is 12.4. The van der Waals surface area contributed by atoms with Crippen molar-refractivity contribution < 1.29 is 4.79 Å². The maximum Gasteiger partial charge on any atom is 0.230 e. The lowest BCUT2D eigenvalue weighted by molar-refractivity contribution is -0.123. The summed E-state index contributed by atoms with van der Waals surface area (Å²) in [4.78, 5) is 14.1. The quantitative estimate of drug-likeness (QED) is 0.798. The highest BCUT2D eigenvalue weighted by Gasteiger charge is 2.23. The molecule has 0 saturated carbocycles. The van der Waals surface area contributed by atoms with Crippen LogP contribution in [0.1, 0.15) is 27.2 Å². The molecule has 1 atom stereocenters. The number of hydrogen-bond acceptors (Lipinski definition) is 2. The summed E-state index contributed by atoms with van der Waals surface area (Å²) < 4.78 is 0. The molecule has 0 heterocycles. The Labute approximate surface area is 109 Å². The molecule has 1 rings (SSSR count). The highest BCUT2D eigenvalue weighted by Crippen LogP contribution is 2.20. The van der Waals surface area contributed by atoms with Crippen molar-refractivity contribution in [1.29, 1.82) is 5.26 Å². The zero-order chi connectivity index (χ0) is 13.5. The van der Waals surface area contributed by atoms with Crippen LogP contribution in [-0.2, 0) is 4.79 Å². The molecule has 0 radical (unpaired) electrons. The molecule has 1 amide bonds. The lowest BCUT2D eigenvalue weighted by Gasteiger charge is -2.26. The number of nitriles is 1. The van der Waals surface area contributed by atoms with Crippen LogP contribution in [0.15, 0.2) is 30.3 Å². The van der Waals surface area contributed by atoms with Crippen LogP contribution in [-0.4, -0.2) is 12.5 Å². The number of amides is 1. The molecule has 18 heavy (non-hydrogen) atoms. The second kappa shape index (κ2) is 6.80. The fourth-order valence-corrected chi connectivity index (χ4v) is 1.67. The molecule has 0 bridgehead atoms.